The third kappa shape index (κ3) is 8.08. The number of guanidine groups is 1. The number of amides is 1. The van der Waals surface area contributed by atoms with E-state index < -0.39 is 0 Å². The number of nitrogens with two attached hydrogens (primary N) is 1. The first-order valence-corrected chi connectivity index (χ1v) is 8.93. The zero-order valence-electron chi connectivity index (χ0n) is 17.3. The van der Waals surface area contributed by atoms with E-state index in [-0.39, 0.29) is 36.4 Å². The van der Waals surface area contributed by atoms with Crippen molar-refractivity contribution in [1.82, 2.24) is 10.6 Å². The number of carbonyl (C=O) groups is 1. The predicted molar refractivity (Wildman–Crippen MR) is 125 cm³/mol. The van der Waals surface area contributed by atoms with E-state index in [1.54, 1.807) is 6.07 Å². The van der Waals surface area contributed by atoms with Crippen molar-refractivity contribution in [3.63, 3.8) is 0 Å². The van der Waals surface area contributed by atoms with Crippen LogP contribution in [0.1, 0.15) is 21.5 Å². The number of halogens is 1. The van der Waals surface area contributed by atoms with Crippen LogP contribution in [0.5, 0.6) is 0 Å². The van der Waals surface area contributed by atoms with Gasteiger partial charge in [-0.05, 0) is 48.6 Å². The van der Waals surface area contributed by atoms with Gasteiger partial charge in [-0.25, -0.2) is 0 Å². The normalized spacial score (nSPS) is 10.0. The maximum absolute atomic E-state index is 12.4. The SMILES string of the molecule is CNC.Cc1ccc(CON=C(N)NC(=O)c2cccc3ccccc23)cc1.Cl.O. The van der Waals surface area contributed by atoms with Gasteiger partial charge >= 0.3 is 0 Å². The maximum atomic E-state index is 12.4. The Hall–Kier alpha value is -3.13. The lowest BCUT2D eigenvalue weighted by molar-refractivity contribution is 0.0969. The summed E-state index contributed by atoms with van der Waals surface area (Å²) in [6, 6.07) is 21.1. The molecule has 30 heavy (non-hydrogen) atoms. The van der Waals surface area contributed by atoms with Crippen molar-refractivity contribution in [2.45, 2.75) is 13.5 Å². The molecule has 1 amide bonds. The van der Waals surface area contributed by atoms with Crippen molar-refractivity contribution in [3.05, 3.63) is 83.4 Å². The van der Waals surface area contributed by atoms with Gasteiger partial charge in [0.2, 0.25) is 5.96 Å². The van der Waals surface area contributed by atoms with Gasteiger partial charge in [-0.2, -0.15) is 0 Å². The van der Waals surface area contributed by atoms with Crippen molar-refractivity contribution in [2.75, 3.05) is 14.1 Å². The molecule has 3 rings (SSSR count). The number of hydrogen-bond donors (Lipinski definition) is 3. The first kappa shape index (κ1) is 26.9. The molecule has 0 aliphatic rings. The molecule has 0 bridgehead atoms. The van der Waals surface area contributed by atoms with Gasteiger partial charge in [0.05, 0.1) is 0 Å². The largest absolute Gasteiger partial charge is 0.412 e. The number of carbonyl (C=O) groups excluding carboxylic acids is 1. The molecule has 0 radical (unpaired) electrons. The Bertz CT molecular complexity index is 941. The monoisotopic (exact) mass is 432 g/mol. The number of nitrogens with zero attached hydrogens (tertiary/aromatic N) is 1. The Morgan fingerprint density at radius 3 is 2.27 bits per heavy atom. The van der Waals surface area contributed by atoms with E-state index in [1.165, 1.54) is 5.56 Å². The molecule has 0 aromatic heterocycles. The molecule has 8 heteroatoms. The molecule has 0 spiro atoms. The van der Waals surface area contributed by atoms with Gasteiger partial charge in [0.25, 0.3) is 5.91 Å². The van der Waals surface area contributed by atoms with E-state index in [1.807, 2.05) is 81.7 Å². The van der Waals surface area contributed by atoms with E-state index in [0.29, 0.717) is 5.56 Å². The highest BCUT2D eigenvalue weighted by Crippen LogP contribution is 2.18. The van der Waals surface area contributed by atoms with Crippen molar-refractivity contribution in [1.29, 1.82) is 0 Å². The molecular formula is C22H29ClN4O3. The Morgan fingerprint density at radius 1 is 1.00 bits per heavy atom. The first-order valence-electron chi connectivity index (χ1n) is 8.93. The molecule has 6 N–H and O–H groups in total. The lowest BCUT2D eigenvalue weighted by Gasteiger charge is -2.07. The zero-order chi connectivity index (χ0) is 20.4. The van der Waals surface area contributed by atoms with E-state index in [0.717, 1.165) is 16.3 Å². The summed E-state index contributed by atoms with van der Waals surface area (Å²) in [7, 11) is 3.75. The summed E-state index contributed by atoms with van der Waals surface area (Å²) in [5.41, 5.74) is 8.42. The van der Waals surface area contributed by atoms with Crippen LogP contribution < -0.4 is 16.4 Å². The van der Waals surface area contributed by atoms with Crippen molar-refractivity contribution in [2.24, 2.45) is 10.9 Å². The number of rotatable bonds is 4. The Kier molecular flexibility index (Phi) is 12.5. The fraction of sp³-hybridized carbons (Fsp3) is 0.182. The highest BCUT2D eigenvalue weighted by molar-refractivity contribution is 6.12. The van der Waals surface area contributed by atoms with Crippen LogP contribution in [-0.2, 0) is 11.4 Å². The molecule has 3 aromatic carbocycles. The van der Waals surface area contributed by atoms with Crippen molar-refractivity contribution >= 4 is 35.0 Å². The van der Waals surface area contributed by atoms with Gasteiger partial charge in [-0.1, -0.05) is 66.2 Å². The number of nitrogens with one attached hydrogen (secondary N) is 2. The Balaban J connectivity index is 0.00000159. The molecular weight excluding hydrogens is 404 g/mol. The number of fused-ring (bicyclic) bond motifs is 1. The van der Waals surface area contributed by atoms with Gasteiger partial charge in [0.1, 0.15) is 6.61 Å². The summed E-state index contributed by atoms with van der Waals surface area (Å²) in [5, 5.41) is 10.9. The average molecular weight is 433 g/mol. The maximum Gasteiger partial charge on any atom is 0.258 e. The molecule has 162 valence electrons. The van der Waals surface area contributed by atoms with Crippen LogP contribution in [0.15, 0.2) is 71.9 Å². The summed E-state index contributed by atoms with van der Waals surface area (Å²) >= 11 is 0. The van der Waals surface area contributed by atoms with Gasteiger partial charge in [0.15, 0.2) is 0 Å². The minimum absolute atomic E-state index is 0. The molecule has 0 saturated carbocycles. The van der Waals surface area contributed by atoms with Gasteiger partial charge < -0.3 is 21.4 Å². The second-order valence-corrected chi connectivity index (χ2v) is 6.22. The van der Waals surface area contributed by atoms with Crippen LogP contribution in [-0.4, -0.2) is 31.4 Å². The summed E-state index contributed by atoms with van der Waals surface area (Å²) in [4.78, 5) is 17.6. The molecule has 0 saturated heterocycles. The van der Waals surface area contributed by atoms with Crippen LogP contribution in [0.3, 0.4) is 0 Å². The number of hydrogen-bond acceptors (Lipinski definition) is 4. The highest BCUT2D eigenvalue weighted by atomic mass is 35.5. The van der Waals surface area contributed by atoms with E-state index in [9.17, 15) is 4.79 Å². The van der Waals surface area contributed by atoms with Crippen LogP contribution in [0.25, 0.3) is 10.8 Å². The minimum atomic E-state index is -0.322. The van der Waals surface area contributed by atoms with Gasteiger partial charge in [-0.15, -0.1) is 12.4 Å². The summed E-state index contributed by atoms with van der Waals surface area (Å²) in [6.45, 7) is 2.30. The third-order valence-corrected chi connectivity index (χ3v) is 3.79. The number of aryl methyl sites for hydroxylation is 1. The molecule has 0 unspecified atom stereocenters. The van der Waals surface area contributed by atoms with E-state index in [4.69, 9.17) is 10.6 Å². The summed E-state index contributed by atoms with van der Waals surface area (Å²) in [6.07, 6.45) is 0. The lowest BCUT2D eigenvalue weighted by Crippen LogP contribution is -2.37. The molecule has 7 nitrogen and oxygen atoms in total. The third-order valence-electron chi connectivity index (χ3n) is 3.79. The smallest absolute Gasteiger partial charge is 0.258 e. The molecule has 0 atom stereocenters. The Morgan fingerprint density at radius 2 is 1.60 bits per heavy atom. The topological polar surface area (TPSA) is 120 Å². The molecule has 0 fully saturated rings. The fourth-order valence-electron chi connectivity index (χ4n) is 2.49. The number of benzene rings is 3. The molecule has 0 heterocycles. The van der Waals surface area contributed by atoms with Crippen LogP contribution >= 0.6 is 12.4 Å². The Labute approximate surface area is 183 Å². The standard InChI is InChI=1S/C20H19N3O2.C2H7N.ClH.H2O/c1-14-9-11-15(12-10-14)13-25-23-20(21)22-19(24)18-8-4-6-16-5-2-3-7-17(16)18;1-3-2;;/h2-12H,13H2,1H3,(H3,21,22,23,24);3H,1-2H3;1H;1H2. The van der Waals surface area contributed by atoms with Gasteiger partial charge in [0, 0.05) is 5.56 Å². The lowest BCUT2D eigenvalue weighted by atomic mass is 10.0. The fourth-order valence-corrected chi connectivity index (χ4v) is 2.49. The number of oxime groups is 1. The van der Waals surface area contributed by atoms with Gasteiger partial charge in [-0.3, -0.25) is 10.1 Å². The average Bonchev–Trinajstić information content (AvgIpc) is 2.69. The highest BCUT2D eigenvalue weighted by Gasteiger charge is 2.10. The summed E-state index contributed by atoms with van der Waals surface area (Å²) in [5.74, 6) is -0.401. The molecule has 3 aromatic rings. The second kappa shape index (κ2) is 13.9. The quantitative estimate of drug-likeness (QED) is 0.333. The first-order chi connectivity index (χ1) is 13.5. The second-order valence-electron chi connectivity index (χ2n) is 6.22. The zero-order valence-corrected chi connectivity index (χ0v) is 18.1. The van der Waals surface area contributed by atoms with Crippen LogP contribution in [0.2, 0.25) is 0 Å². The van der Waals surface area contributed by atoms with E-state index >= 15 is 0 Å². The minimum Gasteiger partial charge on any atom is -0.412 e. The molecule has 0 aliphatic carbocycles. The predicted octanol–water partition coefficient (Wildman–Crippen LogP) is 2.76. The van der Waals surface area contributed by atoms with Crippen LogP contribution in [0, 0.1) is 6.92 Å². The van der Waals surface area contributed by atoms with E-state index in [2.05, 4.69) is 15.8 Å². The van der Waals surface area contributed by atoms with Crippen molar-refractivity contribution < 1.29 is 15.1 Å². The molecule has 0 aliphatic heterocycles. The van der Waals surface area contributed by atoms with Crippen LogP contribution in [0.4, 0.5) is 0 Å². The van der Waals surface area contributed by atoms with Crippen molar-refractivity contribution in [3.8, 4) is 0 Å². The summed E-state index contributed by atoms with van der Waals surface area (Å²) < 4.78 is 0.